The van der Waals surface area contributed by atoms with Crippen LogP contribution in [0.1, 0.15) is 21.9 Å². The third-order valence-corrected chi connectivity index (χ3v) is 3.17. The minimum absolute atomic E-state index is 0.0663. The van der Waals surface area contributed by atoms with Gasteiger partial charge in [-0.2, -0.15) is 0 Å². The van der Waals surface area contributed by atoms with E-state index in [4.69, 9.17) is 21.4 Å². The molecule has 2 rings (SSSR count). The second kappa shape index (κ2) is 6.41. The minimum atomic E-state index is -1.11. The molecule has 0 aliphatic rings. The van der Waals surface area contributed by atoms with Crippen molar-refractivity contribution in [3.63, 3.8) is 0 Å². The zero-order chi connectivity index (χ0) is 15.4. The number of nitrogens with one attached hydrogen (secondary N) is 1. The van der Waals surface area contributed by atoms with E-state index in [0.717, 1.165) is 5.56 Å². The van der Waals surface area contributed by atoms with Crippen LogP contribution in [0.4, 0.5) is 5.82 Å². The van der Waals surface area contributed by atoms with Gasteiger partial charge in [-0.15, -0.1) is 0 Å². The number of carbonyl (C=O) groups is 1. The van der Waals surface area contributed by atoms with Crippen LogP contribution in [0.15, 0.2) is 24.3 Å². The van der Waals surface area contributed by atoms with Gasteiger partial charge in [0.2, 0.25) is 0 Å². The molecule has 21 heavy (non-hydrogen) atoms. The highest BCUT2D eigenvalue weighted by atomic mass is 35.5. The topological polar surface area (TPSA) is 84.3 Å². The molecular weight excluding hydrogens is 294 g/mol. The van der Waals surface area contributed by atoms with E-state index in [0.29, 0.717) is 16.6 Å². The predicted molar refractivity (Wildman–Crippen MR) is 79.1 cm³/mol. The normalized spacial score (nSPS) is 10.2. The van der Waals surface area contributed by atoms with Crippen LogP contribution in [0.3, 0.4) is 0 Å². The number of benzene rings is 1. The van der Waals surface area contributed by atoms with Gasteiger partial charge in [0.05, 0.1) is 0 Å². The maximum atomic E-state index is 11.0. The highest BCUT2D eigenvalue weighted by Gasteiger charge is 2.10. The first-order chi connectivity index (χ1) is 9.99. The molecule has 110 valence electrons. The number of nitrogens with zero attached hydrogens (tertiary/aromatic N) is 2. The molecule has 2 aromatic rings. The molecular formula is C14H14ClN3O3. The first-order valence-corrected chi connectivity index (χ1v) is 6.55. The van der Waals surface area contributed by atoms with E-state index in [1.807, 2.05) is 6.92 Å². The van der Waals surface area contributed by atoms with Gasteiger partial charge in [-0.25, -0.2) is 14.8 Å². The van der Waals surface area contributed by atoms with E-state index < -0.39 is 5.97 Å². The molecule has 0 aliphatic heterocycles. The molecule has 1 aromatic heterocycles. The van der Waals surface area contributed by atoms with E-state index in [1.54, 1.807) is 25.2 Å². The first-order valence-electron chi connectivity index (χ1n) is 6.17. The monoisotopic (exact) mass is 307 g/mol. The summed E-state index contributed by atoms with van der Waals surface area (Å²) in [7, 11) is 1.65. The van der Waals surface area contributed by atoms with Crippen LogP contribution in [0.5, 0.6) is 5.75 Å². The van der Waals surface area contributed by atoms with E-state index in [1.165, 1.54) is 6.07 Å². The van der Waals surface area contributed by atoms with Crippen LogP contribution >= 0.6 is 11.6 Å². The fourth-order valence-corrected chi connectivity index (χ4v) is 1.77. The number of rotatable bonds is 5. The van der Waals surface area contributed by atoms with Crippen molar-refractivity contribution in [1.82, 2.24) is 9.97 Å². The Hall–Kier alpha value is -2.34. The van der Waals surface area contributed by atoms with Gasteiger partial charge >= 0.3 is 5.97 Å². The maximum Gasteiger partial charge on any atom is 0.354 e. The summed E-state index contributed by atoms with van der Waals surface area (Å²) in [5, 5.41) is 12.5. The Morgan fingerprint density at radius 1 is 1.38 bits per heavy atom. The quantitative estimate of drug-likeness (QED) is 0.883. The average molecular weight is 308 g/mol. The summed E-state index contributed by atoms with van der Waals surface area (Å²) in [6.45, 7) is 1.94. The van der Waals surface area contributed by atoms with Crippen molar-refractivity contribution in [2.45, 2.75) is 13.5 Å². The molecule has 0 saturated heterocycles. The van der Waals surface area contributed by atoms with E-state index in [-0.39, 0.29) is 18.1 Å². The second-order valence-electron chi connectivity index (χ2n) is 4.31. The number of hydrogen-bond donors (Lipinski definition) is 2. The van der Waals surface area contributed by atoms with E-state index in [9.17, 15) is 4.79 Å². The van der Waals surface area contributed by atoms with Crippen LogP contribution in [0.25, 0.3) is 0 Å². The number of aromatic nitrogens is 2. The van der Waals surface area contributed by atoms with Crippen molar-refractivity contribution in [3.8, 4) is 5.75 Å². The zero-order valence-corrected chi connectivity index (χ0v) is 12.3. The van der Waals surface area contributed by atoms with Gasteiger partial charge in [-0.1, -0.05) is 11.6 Å². The highest BCUT2D eigenvalue weighted by Crippen LogP contribution is 2.21. The Morgan fingerprint density at radius 3 is 2.76 bits per heavy atom. The smallest absolute Gasteiger partial charge is 0.354 e. The number of carboxylic acids is 1. The predicted octanol–water partition coefficient (Wildman–Crippen LogP) is 2.76. The van der Waals surface area contributed by atoms with Crippen LogP contribution in [0, 0.1) is 6.92 Å². The average Bonchev–Trinajstić information content (AvgIpc) is 2.48. The highest BCUT2D eigenvalue weighted by molar-refractivity contribution is 6.31. The first kappa shape index (κ1) is 15.1. The van der Waals surface area contributed by atoms with Crippen molar-refractivity contribution < 1.29 is 14.6 Å². The van der Waals surface area contributed by atoms with Gasteiger partial charge < -0.3 is 15.2 Å². The van der Waals surface area contributed by atoms with E-state index >= 15 is 0 Å². The molecule has 0 unspecified atom stereocenters. The summed E-state index contributed by atoms with van der Waals surface area (Å²) in [5.74, 6) is 0.213. The van der Waals surface area contributed by atoms with Crippen molar-refractivity contribution in [2.75, 3.05) is 12.4 Å². The van der Waals surface area contributed by atoms with Crippen molar-refractivity contribution >= 4 is 23.4 Å². The fourth-order valence-electron chi connectivity index (χ4n) is 1.65. The number of aromatic carboxylic acids is 1. The number of aryl methyl sites for hydroxylation is 1. The molecule has 0 saturated carbocycles. The number of halogens is 1. The molecule has 0 aliphatic carbocycles. The Labute approximate surface area is 126 Å². The Kier molecular flexibility index (Phi) is 4.59. The van der Waals surface area contributed by atoms with Gasteiger partial charge in [0.25, 0.3) is 0 Å². The molecule has 1 aromatic carbocycles. The third-order valence-electron chi connectivity index (χ3n) is 2.75. The molecule has 0 radical (unpaired) electrons. The van der Waals surface area contributed by atoms with Gasteiger partial charge in [0, 0.05) is 18.1 Å². The minimum Gasteiger partial charge on any atom is -0.486 e. The molecule has 6 nitrogen and oxygen atoms in total. The molecule has 7 heteroatoms. The summed E-state index contributed by atoms with van der Waals surface area (Å²) in [5.41, 5.74) is 0.811. The van der Waals surface area contributed by atoms with Crippen LogP contribution in [0.2, 0.25) is 5.02 Å². The summed E-state index contributed by atoms with van der Waals surface area (Å²) in [4.78, 5) is 19.1. The number of carboxylic acid groups (broad SMARTS) is 1. The lowest BCUT2D eigenvalue weighted by Gasteiger charge is -2.09. The van der Waals surface area contributed by atoms with Crippen LogP contribution in [-0.2, 0) is 6.61 Å². The Balaban J connectivity index is 2.17. The van der Waals surface area contributed by atoms with Crippen LogP contribution < -0.4 is 10.1 Å². The maximum absolute atomic E-state index is 11.0. The van der Waals surface area contributed by atoms with Gasteiger partial charge in [-0.05, 0) is 30.7 Å². The fraction of sp³-hybridized carbons (Fsp3) is 0.214. The molecule has 0 fully saturated rings. The number of anilines is 1. The number of hydrogen-bond acceptors (Lipinski definition) is 5. The molecule has 0 atom stereocenters. The Morgan fingerprint density at radius 2 is 2.14 bits per heavy atom. The molecule has 0 spiro atoms. The standard InChI is InChI=1S/C14H14ClN3O3/c1-8-5-9(3-4-10(8)15)21-7-13-17-11(14(19)20)6-12(16-2)18-13/h3-6H,7H2,1-2H3,(H,19,20)(H,16,17,18). The zero-order valence-electron chi connectivity index (χ0n) is 11.6. The summed E-state index contributed by atoms with van der Waals surface area (Å²) < 4.78 is 5.56. The SMILES string of the molecule is CNc1cc(C(=O)O)nc(COc2ccc(Cl)c(C)c2)n1. The third kappa shape index (κ3) is 3.82. The van der Waals surface area contributed by atoms with E-state index in [2.05, 4.69) is 15.3 Å². The molecule has 2 N–H and O–H groups in total. The van der Waals surface area contributed by atoms with Gasteiger partial charge in [0.1, 0.15) is 18.2 Å². The molecule has 0 bridgehead atoms. The molecule has 0 amide bonds. The summed E-state index contributed by atoms with van der Waals surface area (Å²) >= 11 is 5.94. The van der Waals surface area contributed by atoms with Crippen molar-refractivity contribution in [1.29, 1.82) is 0 Å². The van der Waals surface area contributed by atoms with Crippen molar-refractivity contribution in [2.24, 2.45) is 0 Å². The van der Waals surface area contributed by atoms with Crippen molar-refractivity contribution in [3.05, 3.63) is 46.4 Å². The molecule has 1 heterocycles. The number of ether oxygens (including phenoxy) is 1. The summed E-state index contributed by atoms with van der Waals surface area (Å²) in [6.07, 6.45) is 0. The Bertz CT molecular complexity index is 677. The van der Waals surface area contributed by atoms with Crippen LogP contribution in [-0.4, -0.2) is 28.1 Å². The lowest BCUT2D eigenvalue weighted by atomic mass is 10.2. The lowest BCUT2D eigenvalue weighted by Crippen LogP contribution is -2.10. The van der Waals surface area contributed by atoms with Gasteiger partial charge in [0.15, 0.2) is 11.5 Å². The largest absolute Gasteiger partial charge is 0.486 e. The summed E-state index contributed by atoms with van der Waals surface area (Å²) in [6, 6.07) is 6.62. The lowest BCUT2D eigenvalue weighted by molar-refractivity contribution is 0.0689. The second-order valence-corrected chi connectivity index (χ2v) is 4.72. The van der Waals surface area contributed by atoms with Gasteiger partial charge in [-0.3, -0.25) is 0 Å².